The molecule has 0 bridgehead atoms. The van der Waals surface area contributed by atoms with Gasteiger partial charge in [-0.15, -0.1) is 0 Å². The summed E-state index contributed by atoms with van der Waals surface area (Å²) >= 11 is 0. The molecule has 1 rings (SSSR count). The quantitative estimate of drug-likeness (QED) is 0.0642. The van der Waals surface area contributed by atoms with Crippen LogP contribution < -0.4 is 21.3 Å². The molecule has 14 nitrogen and oxygen atoms in total. The molecule has 0 radical (unpaired) electrons. The molecule has 0 unspecified atom stereocenters. The van der Waals surface area contributed by atoms with Gasteiger partial charge in [-0.2, -0.15) is 0 Å². The second kappa shape index (κ2) is 51.7. The lowest BCUT2D eigenvalue weighted by Crippen LogP contribution is -2.39. The van der Waals surface area contributed by atoms with E-state index in [2.05, 4.69) is 21.3 Å². The summed E-state index contributed by atoms with van der Waals surface area (Å²) in [4.78, 5) is 67.8. The fourth-order valence-electron chi connectivity index (χ4n) is 4.17. The van der Waals surface area contributed by atoms with Gasteiger partial charge in [0.1, 0.15) is 12.4 Å². The maximum absolute atomic E-state index is 11.8. The summed E-state index contributed by atoms with van der Waals surface area (Å²) in [6.07, 6.45) is 6.06. The fraction of sp³-hybridized carbons (Fsp3) is 0.857. The Labute approximate surface area is 347 Å². The smallest absolute Gasteiger partial charge is 0.315 e. The highest BCUT2D eigenvalue weighted by atomic mass is 16.6. The predicted octanol–water partition coefficient (Wildman–Crippen LogP) is 9.27. The SMILES string of the molecule is C.C.C.C.C.C.C.C.C.C.CC(=O)CNC(=O)NCCCC(=O)OCCOC(C)C.COCC1CCC(COC(=O)CCCNC(=O)NCC(=O)C(C)C)CC1. The molecule has 0 aromatic carbocycles. The number of ether oxygens (including phenoxy) is 4. The number of hydrogen-bond donors (Lipinski definition) is 4. The maximum Gasteiger partial charge on any atom is 0.315 e. The number of rotatable bonds is 21. The summed E-state index contributed by atoms with van der Waals surface area (Å²) in [6.45, 7) is 11.5. The third-order valence-corrected chi connectivity index (χ3v) is 6.90. The molecule has 4 amide bonds. The first-order valence-electron chi connectivity index (χ1n) is 16.3. The first-order chi connectivity index (χ1) is 21.8. The zero-order valence-electron chi connectivity index (χ0n) is 28.7. The van der Waals surface area contributed by atoms with E-state index in [1.807, 2.05) is 13.8 Å². The van der Waals surface area contributed by atoms with Crippen LogP contribution in [0.1, 0.15) is 160 Å². The molecule has 1 fully saturated rings. The Balaban J connectivity index is -0.0000000697. The Bertz CT molecular complexity index is 910. The van der Waals surface area contributed by atoms with Crippen LogP contribution in [0.3, 0.4) is 0 Å². The van der Waals surface area contributed by atoms with E-state index in [4.69, 9.17) is 18.9 Å². The first-order valence-corrected chi connectivity index (χ1v) is 16.3. The summed E-state index contributed by atoms with van der Waals surface area (Å²) < 4.78 is 20.7. The Kier molecular flexibility index (Phi) is 74.9. The molecule has 0 saturated heterocycles. The van der Waals surface area contributed by atoms with E-state index in [1.54, 1.807) is 21.0 Å². The number of urea groups is 2. The summed E-state index contributed by atoms with van der Waals surface area (Å²) in [5.74, 6) is 0.325. The molecule has 14 heteroatoms. The Morgan fingerprint density at radius 1 is 0.571 bits per heavy atom. The van der Waals surface area contributed by atoms with Gasteiger partial charge < -0.3 is 40.2 Å². The van der Waals surface area contributed by atoms with E-state index in [1.165, 1.54) is 6.92 Å². The van der Waals surface area contributed by atoms with Crippen molar-refractivity contribution in [2.45, 2.75) is 166 Å². The number of methoxy groups -OCH3 is 1. The molecule has 0 aromatic rings. The Morgan fingerprint density at radius 3 is 1.38 bits per heavy atom. The number of amides is 4. The van der Waals surface area contributed by atoms with E-state index in [0.29, 0.717) is 51.0 Å². The molecule has 0 aromatic heterocycles. The minimum Gasteiger partial charge on any atom is -0.465 e. The fourth-order valence-corrected chi connectivity index (χ4v) is 4.17. The molecule has 0 heterocycles. The third kappa shape index (κ3) is 50.7. The van der Waals surface area contributed by atoms with Crippen LogP contribution in [0, 0.1) is 17.8 Å². The third-order valence-electron chi connectivity index (χ3n) is 6.90. The number of esters is 2. The molecule has 0 spiro atoms. The molecule has 1 aliphatic rings. The van der Waals surface area contributed by atoms with Crippen molar-refractivity contribution in [2.24, 2.45) is 17.8 Å². The van der Waals surface area contributed by atoms with Crippen molar-refractivity contribution >= 4 is 35.6 Å². The highest BCUT2D eigenvalue weighted by molar-refractivity contribution is 5.86. The van der Waals surface area contributed by atoms with Crippen LogP contribution in [0.4, 0.5) is 9.59 Å². The Hall–Kier alpha value is -3.26. The molecular formula is C42H98N4O10. The van der Waals surface area contributed by atoms with Crippen molar-refractivity contribution in [1.29, 1.82) is 0 Å². The van der Waals surface area contributed by atoms with Crippen LogP contribution in [-0.4, -0.2) is 101 Å². The van der Waals surface area contributed by atoms with Gasteiger partial charge in [-0.25, -0.2) is 9.59 Å². The number of Topliss-reactive ketones (excluding diaryl/α,β-unsaturated/α-hetero) is 2. The van der Waals surface area contributed by atoms with E-state index in [9.17, 15) is 28.8 Å². The number of hydrogen-bond acceptors (Lipinski definition) is 10. The topological polar surface area (TPSA) is 187 Å². The molecule has 1 saturated carbocycles. The summed E-state index contributed by atoms with van der Waals surface area (Å²) in [7, 11) is 1.73. The number of carbonyl (C=O) groups excluding carboxylic acids is 6. The molecule has 346 valence electrons. The number of carbonyl (C=O) groups is 6. The normalized spacial score (nSPS) is 12.9. The van der Waals surface area contributed by atoms with E-state index in [0.717, 1.165) is 32.3 Å². The molecule has 4 N–H and O–H groups in total. The van der Waals surface area contributed by atoms with Crippen molar-refractivity contribution in [3.8, 4) is 0 Å². The lowest BCUT2D eigenvalue weighted by atomic mass is 9.83. The lowest BCUT2D eigenvalue weighted by molar-refractivity contribution is -0.146. The van der Waals surface area contributed by atoms with Gasteiger partial charge in [-0.3, -0.25) is 19.2 Å². The first kappa shape index (κ1) is 81.0. The van der Waals surface area contributed by atoms with E-state index in [-0.39, 0.29) is 148 Å². The average molecular weight is 819 g/mol. The lowest BCUT2D eigenvalue weighted by Gasteiger charge is -2.27. The van der Waals surface area contributed by atoms with Crippen molar-refractivity contribution < 1.29 is 47.7 Å². The van der Waals surface area contributed by atoms with Gasteiger partial charge in [0.05, 0.1) is 32.4 Å². The summed E-state index contributed by atoms with van der Waals surface area (Å²) in [5, 5.41) is 10.1. The van der Waals surface area contributed by atoms with Gasteiger partial charge in [0.2, 0.25) is 0 Å². The average Bonchev–Trinajstić information content (AvgIpc) is 3.01. The monoisotopic (exact) mass is 819 g/mol. The standard InChI is InChI=1S/C19H34N2O5.C13H24N2O5.10CH4/c1-14(2)17(22)11-21-19(24)20-10-4-5-18(23)26-13-16-8-6-15(7-9-16)12-25-3;1-10(2)19-7-8-20-12(17)5-4-6-14-13(18)15-9-11(3)16;;;;;;;;;;/h14-16H,4-13H2,1-3H3,(H2,20,21,24);10H,4-9H2,1-3H3,(H2,14,15,18);10*1H4. The van der Waals surface area contributed by atoms with Gasteiger partial charge in [-0.05, 0) is 71.1 Å². The van der Waals surface area contributed by atoms with Gasteiger partial charge in [0.15, 0.2) is 5.78 Å². The highest BCUT2D eigenvalue weighted by Crippen LogP contribution is 2.29. The second-order valence-electron chi connectivity index (χ2n) is 11.9. The van der Waals surface area contributed by atoms with Crippen molar-refractivity contribution in [1.82, 2.24) is 21.3 Å². The van der Waals surface area contributed by atoms with E-state index < -0.39 is 6.03 Å². The number of nitrogens with one attached hydrogen (secondary N) is 4. The van der Waals surface area contributed by atoms with Crippen LogP contribution >= 0.6 is 0 Å². The highest BCUT2D eigenvalue weighted by Gasteiger charge is 2.22. The van der Waals surface area contributed by atoms with Gasteiger partial charge in [-0.1, -0.05) is 88.1 Å². The molecule has 0 aliphatic heterocycles. The number of ketones is 2. The maximum atomic E-state index is 11.8. The molecule has 1 aliphatic carbocycles. The van der Waals surface area contributed by atoms with Gasteiger partial charge in [0, 0.05) is 45.6 Å². The Morgan fingerprint density at radius 2 is 0.982 bits per heavy atom. The van der Waals surface area contributed by atoms with Crippen molar-refractivity contribution in [3.63, 3.8) is 0 Å². The van der Waals surface area contributed by atoms with Gasteiger partial charge in [0.25, 0.3) is 0 Å². The zero-order valence-corrected chi connectivity index (χ0v) is 28.7. The minimum atomic E-state index is -0.418. The minimum absolute atomic E-state index is 0. The van der Waals surface area contributed by atoms with Crippen LogP contribution in [0.2, 0.25) is 0 Å². The predicted molar refractivity (Wildman–Crippen MR) is 239 cm³/mol. The van der Waals surface area contributed by atoms with Gasteiger partial charge >= 0.3 is 24.0 Å². The summed E-state index contributed by atoms with van der Waals surface area (Å²) in [5.41, 5.74) is 0. The largest absolute Gasteiger partial charge is 0.465 e. The van der Waals surface area contributed by atoms with Crippen LogP contribution in [-0.2, 0) is 38.1 Å². The molecule has 56 heavy (non-hydrogen) atoms. The van der Waals surface area contributed by atoms with E-state index >= 15 is 0 Å². The summed E-state index contributed by atoms with van der Waals surface area (Å²) in [6, 6.07) is -0.806. The van der Waals surface area contributed by atoms with Crippen molar-refractivity contribution in [3.05, 3.63) is 0 Å². The van der Waals surface area contributed by atoms with Crippen LogP contribution in [0.25, 0.3) is 0 Å². The molecule has 0 atom stereocenters. The zero-order chi connectivity index (χ0) is 34.7. The van der Waals surface area contributed by atoms with Crippen molar-refractivity contribution in [2.75, 3.05) is 59.7 Å². The second-order valence-corrected chi connectivity index (χ2v) is 11.9. The van der Waals surface area contributed by atoms with Crippen LogP contribution in [0.15, 0.2) is 0 Å². The molecular weight excluding hydrogens is 720 g/mol. The van der Waals surface area contributed by atoms with Crippen LogP contribution in [0.5, 0.6) is 0 Å².